The van der Waals surface area contributed by atoms with E-state index in [-0.39, 0.29) is 23.4 Å². The summed E-state index contributed by atoms with van der Waals surface area (Å²) in [6.07, 6.45) is 3.16. The second kappa shape index (κ2) is 7.11. The molecule has 0 saturated carbocycles. The molecule has 1 N–H and O–H groups in total. The number of piperidine rings is 1. The van der Waals surface area contributed by atoms with Crippen LogP contribution in [0.3, 0.4) is 0 Å². The van der Waals surface area contributed by atoms with E-state index in [1.807, 2.05) is 24.6 Å². The zero-order chi connectivity index (χ0) is 19.8. The molecule has 3 aromatic rings. The molecule has 1 unspecified atom stereocenters. The number of pyridine rings is 1. The first-order valence-corrected chi connectivity index (χ1v) is 9.50. The van der Waals surface area contributed by atoms with Crippen molar-refractivity contribution in [3.63, 3.8) is 0 Å². The molecule has 3 heterocycles. The number of fused-ring (bicyclic) bond motifs is 1. The molecular weight excluding hydrogens is 354 g/mol. The van der Waals surface area contributed by atoms with E-state index in [4.69, 9.17) is 0 Å². The number of Topliss-reactive ketones (excluding diaryl/α,β-unsaturated/α-hetero) is 1. The lowest BCUT2D eigenvalue weighted by Crippen LogP contribution is -2.42. The van der Waals surface area contributed by atoms with Crippen molar-refractivity contribution in [1.82, 2.24) is 14.5 Å². The van der Waals surface area contributed by atoms with Crippen LogP contribution in [0, 0.1) is 12.8 Å². The molecule has 4 rings (SSSR count). The summed E-state index contributed by atoms with van der Waals surface area (Å²) in [5.41, 5.74) is 2.80. The van der Waals surface area contributed by atoms with Crippen molar-refractivity contribution in [2.24, 2.45) is 13.0 Å². The first-order chi connectivity index (χ1) is 13.5. The van der Waals surface area contributed by atoms with Gasteiger partial charge in [-0.1, -0.05) is 6.07 Å². The molecule has 1 aliphatic rings. The number of nitrogens with zero attached hydrogens (tertiary/aromatic N) is 3. The Morgan fingerprint density at radius 1 is 1.21 bits per heavy atom. The largest absolute Gasteiger partial charge is 0.508 e. The minimum Gasteiger partial charge on any atom is -0.508 e. The summed E-state index contributed by atoms with van der Waals surface area (Å²) in [5, 5.41) is 10.6. The molecule has 6 heteroatoms. The third-order valence-electron chi connectivity index (χ3n) is 5.69. The SMILES string of the molecule is Cc1c(C(=O)N2CCCC(C(=O)c3ccccn3)C2)c2cc(O)ccc2n1C. The van der Waals surface area contributed by atoms with Crippen molar-refractivity contribution >= 4 is 22.6 Å². The molecule has 1 amide bonds. The number of amides is 1. The van der Waals surface area contributed by atoms with Crippen molar-refractivity contribution in [2.75, 3.05) is 13.1 Å². The molecule has 6 nitrogen and oxygen atoms in total. The van der Waals surface area contributed by atoms with Gasteiger partial charge in [0.1, 0.15) is 11.4 Å². The van der Waals surface area contributed by atoms with E-state index in [9.17, 15) is 14.7 Å². The Balaban J connectivity index is 1.64. The number of hydrogen-bond acceptors (Lipinski definition) is 4. The number of phenols is 1. The molecule has 0 spiro atoms. The molecule has 0 radical (unpaired) electrons. The number of phenolic OH excluding ortho intramolecular Hbond substituents is 1. The van der Waals surface area contributed by atoms with Gasteiger partial charge in [-0.25, -0.2) is 0 Å². The van der Waals surface area contributed by atoms with E-state index in [0.29, 0.717) is 24.3 Å². The normalized spacial score (nSPS) is 17.1. The van der Waals surface area contributed by atoms with Gasteiger partial charge in [0, 0.05) is 48.8 Å². The first-order valence-electron chi connectivity index (χ1n) is 9.50. The van der Waals surface area contributed by atoms with E-state index in [2.05, 4.69) is 4.98 Å². The Bertz CT molecular complexity index is 1060. The second-order valence-corrected chi connectivity index (χ2v) is 7.39. The number of benzene rings is 1. The Morgan fingerprint density at radius 3 is 2.79 bits per heavy atom. The summed E-state index contributed by atoms with van der Waals surface area (Å²) < 4.78 is 1.96. The lowest BCUT2D eigenvalue weighted by molar-refractivity contribution is 0.0636. The van der Waals surface area contributed by atoms with Crippen molar-refractivity contribution in [3.05, 3.63) is 59.5 Å². The van der Waals surface area contributed by atoms with E-state index in [1.165, 1.54) is 0 Å². The average molecular weight is 377 g/mol. The molecule has 0 aliphatic carbocycles. The fraction of sp³-hybridized carbons (Fsp3) is 0.318. The minimum absolute atomic E-state index is 0.00890. The van der Waals surface area contributed by atoms with E-state index >= 15 is 0 Å². The van der Waals surface area contributed by atoms with Crippen LogP contribution in [0.25, 0.3) is 10.9 Å². The van der Waals surface area contributed by atoms with Gasteiger partial charge in [-0.2, -0.15) is 0 Å². The van der Waals surface area contributed by atoms with Gasteiger partial charge in [0.15, 0.2) is 5.78 Å². The van der Waals surface area contributed by atoms with Gasteiger partial charge in [-0.15, -0.1) is 0 Å². The summed E-state index contributed by atoms with van der Waals surface area (Å²) in [7, 11) is 1.91. The molecular formula is C22H23N3O3. The molecule has 28 heavy (non-hydrogen) atoms. The first kappa shape index (κ1) is 18.2. The van der Waals surface area contributed by atoms with Gasteiger partial charge >= 0.3 is 0 Å². The van der Waals surface area contributed by atoms with Crippen LogP contribution in [0.5, 0.6) is 5.75 Å². The van der Waals surface area contributed by atoms with Crippen LogP contribution in [0.4, 0.5) is 0 Å². The van der Waals surface area contributed by atoms with Crippen molar-refractivity contribution in [2.45, 2.75) is 19.8 Å². The molecule has 2 aromatic heterocycles. The van der Waals surface area contributed by atoms with Crippen LogP contribution in [-0.4, -0.2) is 44.3 Å². The maximum absolute atomic E-state index is 13.4. The summed E-state index contributed by atoms with van der Waals surface area (Å²) in [5.74, 6) is -0.206. The number of likely N-dealkylation sites (tertiary alicyclic amines) is 1. The fourth-order valence-corrected chi connectivity index (χ4v) is 4.08. The number of aromatic nitrogens is 2. The number of carbonyl (C=O) groups is 2. The third kappa shape index (κ3) is 3.05. The summed E-state index contributed by atoms with van der Waals surface area (Å²) in [6, 6.07) is 10.4. The topological polar surface area (TPSA) is 75.4 Å². The highest BCUT2D eigenvalue weighted by molar-refractivity contribution is 6.09. The van der Waals surface area contributed by atoms with Crippen molar-refractivity contribution in [3.8, 4) is 5.75 Å². The van der Waals surface area contributed by atoms with Gasteiger partial charge in [0.05, 0.1) is 5.56 Å². The highest BCUT2D eigenvalue weighted by Crippen LogP contribution is 2.30. The van der Waals surface area contributed by atoms with Crippen LogP contribution >= 0.6 is 0 Å². The lowest BCUT2D eigenvalue weighted by Gasteiger charge is -2.32. The standard InChI is InChI=1S/C22H23N3O3/c1-14-20(17-12-16(26)8-9-19(17)24(14)2)22(28)25-11-5-6-15(13-25)21(27)18-7-3-4-10-23-18/h3-4,7-10,12,15,26H,5-6,11,13H2,1-2H3. The number of aryl methyl sites for hydroxylation is 1. The van der Waals surface area contributed by atoms with Crippen LogP contribution < -0.4 is 0 Å². The van der Waals surface area contributed by atoms with E-state index in [1.54, 1.807) is 41.4 Å². The van der Waals surface area contributed by atoms with Gasteiger partial charge in [0.25, 0.3) is 5.91 Å². The molecule has 0 bridgehead atoms. The third-order valence-corrected chi connectivity index (χ3v) is 5.69. The van der Waals surface area contributed by atoms with Gasteiger partial charge in [-0.3, -0.25) is 14.6 Å². The quantitative estimate of drug-likeness (QED) is 0.711. The van der Waals surface area contributed by atoms with Crippen molar-refractivity contribution < 1.29 is 14.7 Å². The summed E-state index contributed by atoms with van der Waals surface area (Å²) >= 11 is 0. The van der Waals surface area contributed by atoms with Crippen LogP contribution in [0.1, 0.15) is 39.4 Å². The Labute approximate surface area is 163 Å². The Morgan fingerprint density at radius 2 is 2.04 bits per heavy atom. The number of rotatable bonds is 3. The molecule has 1 saturated heterocycles. The smallest absolute Gasteiger partial charge is 0.256 e. The van der Waals surface area contributed by atoms with Crippen LogP contribution in [-0.2, 0) is 7.05 Å². The molecule has 1 fully saturated rings. The van der Waals surface area contributed by atoms with Gasteiger partial charge in [0.2, 0.25) is 0 Å². The second-order valence-electron chi connectivity index (χ2n) is 7.39. The lowest BCUT2D eigenvalue weighted by atomic mass is 9.91. The predicted octanol–water partition coefficient (Wildman–Crippen LogP) is 3.32. The Kier molecular flexibility index (Phi) is 4.63. The maximum Gasteiger partial charge on any atom is 0.256 e. The minimum atomic E-state index is -0.240. The van der Waals surface area contributed by atoms with Gasteiger partial charge in [-0.05, 0) is 50.1 Å². The molecule has 144 valence electrons. The van der Waals surface area contributed by atoms with E-state index in [0.717, 1.165) is 29.4 Å². The highest BCUT2D eigenvalue weighted by atomic mass is 16.3. The maximum atomic E-state index is 13.4. The average Bonchev–Trinajstić information content (AvgIpc) is 2.97. The van der Waals surface area contributed by atoms with Crippen molar-refractivity contribution in [1.29, 1.82) is 0 Å². The fourth-order valence-electron chi connectivity index (χ4n) is 4.08. The summed E-state index contributed by atoms with van der Waals surface area (Å²) in [6.45, 7) is 2.92. The van der Waals surface area contributed by atoms with Crippen LogP contribution in [0.2, 0.25) is 0 Å². The van der Waals surface area contributed by atoms with Crippen LogP contribution in [0.15, 0.2) is 42.6 Å². The zero-order valence-electron chi connectivity index (χ0n) is 16.1. The Hall–Kier alpha value is -3.15. The predicted molar refractivity (Wildman–Crippen MR) is 107 cm³/mol. The zero-order valence-corrected chi connectivity index (χ0v) is 16.1. The molecule has 1 aromatic carbocycles. The monoisotopic (exact) mass is 377 g/mol. The van der Waals surface area contributed by atoms with E-state index < -0.39 is 0 Å². The number of aromatic hydroxyl groups is 1. The summed E-state index contributed by atoms with van der Waals surface area (Å²) in [4.78, 5) is 32.1. The molecule has 1 atom stereocenters. The molecule has 1 aliphatic heterocycles. The number of ketones is 1. The number of carbonyl (C=O) groups excluding carboxylic acids is 2. The highest BCUT2D eigenvalue weighted by Gasteiger charge is 2.32. The number of hydrogen-bond donors (Lipinski definition) is 1. The van der Waals surface area contributed by atoms with Gasteiger partial charge < -0.3 is 14.6 Å².